The Morgan fingerprint density at radius 1 is 1.43 bits per heavy atom. The van der Waals surface area contributed by atoms with Gasteiger partial charge < -0.3 is 10.5 Å². The second-order valence-electron chi connectivity index (χ2n) is 4.80. The van der Waals surface area contributed by atoms with Crippen molar-refractivity contribution >= 4 is 32.6 Å². The minimum atomic E-state index is -0.962. The molecule has 3 rings (SSSR count). The Labute approximate surface area is 123 Å². The van der Waals surface area contributed by atoms with Crippen LogP contribution in [0.15, 0.2) is 12.1 Å². The van der Waals surface area contributed by atoms with Crippen LogP contribution in [0.1, 0.15) is 12.8 Å². The van der Waals surface area contributed by atoms with E-state index in [0.29, 0.717) is 28.3 Å². The standard InChI is InChI=1S/C13H13F2N3O2S/c14-7-3-9-11(4-8(7)15)21-13(17-9)18-12(19)10-2-1-6(5-16)20-10/h3-4,6,10H,1-2,5,16H2,(H,17,18,19)/t6-,10+/m1/s1. The molecule has 0 bridgehead atoms. The molecule has 0 saturated carbocycles. The summed E-state index contributed by atoms with van der Waals surface area (Å²) in [6, 6.07) is 2.07. The van der Waals surface area contributed by atoms with Crippen LogP contribution < -0.4 is 11.1 Å². The lowest BCUT2D eigenvalue weighted by molar-refractivity contribution is -0.126. The SMILES string of the molecule is NC[C@H]1CC[C@@H](C(=O)Nc2nc3cc(F)c(F)cc3s2)O1. The molecule has 21 heavy (non-hydrogen) atoms. The van der Waals surface area contributed by atoms with Crippen LogP contribution in [0.2, 0.25) is 0 Å². The molecule has 5 nitrogen and oxygen atoms in total. The lowest BCUT2D eigenvalue weighted by Gasteiger charge is -2.10. The van der Waals surface area contributed by atoms with Crippen LogP contribution in [0, 0.1) is 11.6 Å². The van der Waals surface area contributed by atoms with Gasteiger partial charge in [0.2, 0.25) is 0 Å². The Morgan fingerprint density at radius 2 is 2.19 bits per heavy atom. The van der Waals surface area contributed by atoms with Gasteiger partial charge in [-0.2, -0.15) is 0 Å². The third kappa shape index (κ3) is 2.87. The van der Waals surface area contributed by atoms with Gasteiger partial charge in [-0.25, -0.2) is 13.8 Å². The van der Waals surface area contributed by atoms with Crippen molar-refractivity contribution in [3.63, 3.8) is 0 Å². The van der Waals surface area contributed by atoms with Crippen molar-refractivity contribution in [3.8, 4) is 0 Å². The normalized spacial score (nSPS) is 21.9. The Kier molecular flexibility index (Phi) is 3.83. The second kappa shape index (κ2) is 5.63. The Hall–Kier alpha value is -1.64. The van der Waals surface area contributed by atoms with E-state index in [4.69, 9.17) is 10.5 Å². The maximum Gasteiger partial charge on any atom is 0.255 e. The molecule has 1 amide bonds. The highest BCUT2D eigenvalue weighted by Crippen LogP contribution is 2.28. The number of ether oxygens (including phenoxy) is 1. The number of halogens is 2. The van der Waals surface area contributed by atoms with Crippen LogP contribution >= 0.6 is 11.3 Å². The van der Waals surface area contributed by atoms with Crippen LogP contribution in [0.5, 0.6) is 0 Å². The van der Waals surface area contributed by atoms with E-state index >= 15 is 0 Å². The Morgan fingerprint density at radius 3 is 2.90 bits per heavy atom. The summed E-state index contributed by atoms with van der Waals surface area (Å²) in [5.41, 5.74) is 5.80. The number of rotatable bonds is 3. The molecule has 1 aliphatic heterocycles. The monoisotopic (exact) mass is 313 g/mol. The minimum absolute atomic E-state index is 0.0979. The minimum Gasteiger partial charge on any atom is -0.364 e. The van der Waals surface area contributed by atoms with Gasteiger partial charge in [-0.05, 0) is 18.9 Å². The van der Waals surface area contributed by atoms with Gasteiger partial charge in [0.15, 0.2) is 16.8 Å². The van der Waals surface area contributed by atoms with Crippen molar-refractivity contribution in [1.29, 1.82) is 0 Å². The first-order valence-corrected chi connectivity index (χ1v) is 7.30. The largest absolute Gasteiger partial charge is 0.364 e. The quantitative estimate of drug-likeness (QED) is 0.909. The highest BCUT2D eigenvalue weighted by molar-refractivity contribution is 7.22. The van der Waals surface area contributed by atoms with Crippen molar-refractivity contribution in [2.45, 2.75) is 25.0 Å². The number of nitrogens with zero attached hydrogens (tertiary/aromatic N) is 1. The van der Waals surface area contributed by atoms with E-state index in [2.05, 4.69) is 10.3 Å². The summed E-state index contributed by atoms with van der Waals surface area (Å²) in [6.07, 6.45) is 0.686. The summed E-state index contributed by atoms with van der Waals surface area (Å²) in [7, 11) is 0. The molecule has 2 aromatic rings. The summed E-state index contributed by atoms with van der Waals surface area (Å²) >= 11 is 1.08. The predicted octanol–water partition coefficient (Wildman–Crippen LogP) is 2.02. The van der Waals surface area contributed by atoms with Gasteiger partial charge in [-0.1, -0.05) is 11.3 Å². The number of hydrogen-bond acceptors (Lipinski definition) is 5. The van der Waals surface area contributed by atoms with Crippen LogP contribution in [0.4, 0.5) is 13.9 Å². The summed E-state index contributed by atoms with van der Waals surface area (Å²) in [5, 5.41) is 2.91. The summed E-state index contributed by atoms with van der Waals surface area (Å²) < 4.78 is 32.2. The van der Waals surface area contributed by atoms with Crippen molar-refractivity contribution in [1.82, 2.24) is 4.98 Å². The van der Waals surface area contributed by atoms with Crippen molar-refractivity contribution in [3.05, 3.63) is 23.8 Å². The molecule has 1 aromatic heterocycles. The molecule has 2 atom stereocenters. The van der Waals surface area contributed by atoms with Gasteiger partial charge >= 0.3 is 0 Å². The van der Waals surface area contributed by atoms with Crippen LogP contribution in [0.25, 0.3) is 10.2 Å². The number of thiazole rings is 1. The van der Waals surface area contributed by atoms with Crippen LogP contribution in [-0.4, -0.2) is 29.6 Å². The van der Waals surface area contributed by atoms with Crippen molar-refractivity contribution in [2.75, 3.05) is 11.9 Å². The zero-order valence-electron chi connectivity index (χ0n) is 10.9. The van der Waals surface area contributed by atoms with E-state index in [1.807, 2.05) is 0 Å². The lowest BCUT2D eigenvalue weighted by atomic mass is 10.2. The third-order valence-electron chi connectivity index (χ3n) is 3.32. The van der Waals surface area contributed by atoms with E-state index < -0.39 is 17.7 Å². The fraction of sp³-hybridized carbons (Fsp3) is 0.385. The van der Waals surface area contributed by atoms with E-state index in [-0.39, 0.29) is 12.0 Å². The Balaban J connectivity index is 1.74. The molecule has 0 unspecified atom stereocenters. The number of benzene rings is 1. The third-order valence-corrected chi connectivity index (χ3v) is 4.26. The first kappa shape index (κ1) is 14.3. The lowest BCUT2D eigenvalue weighted by Crippen LogP contribution is -2.29. The predicted molar refractivity (Wildman–Crippen MR) is 75.1 cm³/mol. The molecule has 2 heterocycles. The smallest absolute Gasteiger partial charge is 0.255 e. The van der Waals surface area contributed by atoms with E-state index in [9.17, 15) is 13.6 Å². The molecule has 0 radical (unpaired) electrons. The number of nitrogens with one attached hydrogen (secondary N) is 1. The average Bonchev–Trinajstić information content (AvgIpc) is 3.05. The molecular weight excluding hydrogens is 300 g/mol. The van der Waals surface area contributed by atoms with Gasteiger partial charge in [-0.15, -0.1) is 0 Å². The Bertz CT molecular complexity index is 652. The molecule has 1 aliphatic rings. The first-order chi connectivity index (χ1) is 10.1. The molecule has 1 fully saturated rings. The van der Waals surface area contributed by atoms with Gasteiger partial charge in [0, 0.05) is 12.6 Å². The maximum atomic E-state index is 13.1. The highest BCUT2D eigenvalue weighted by atomic mass is 32.1. The van der Waals surface area contributed by atoms with Crippen molar-refractivity contribution < 1.29 is 18.3 Å². The zero-order chi connectivity index (χ0) is 15.0. The molecule has 0 aliphatic carbocycles. The number of fused-ring (bicyclic) bond motifs is 1. The van der Waals surface area contributed by atoms with Gasteiger partial charge in [0.1, 0.15) is 6.10 Å². The fourth-order valence-corrected chi connectivity index (χ4v) is 3.11. The summed E-state index contributed by atoms with van der Waals surface area (Å²) in [6.45, 7) is 0.378. The molecule has 3 N–H and O–H groups in total. The number of amides is 1. The number of nitrogens with two attached hydrogens (primary N) is 1. The number of carbonyl (C=O) groups excluding carboxylic acids is 1. The van der Waals surface area contributed by atoms with E-state index in [0.717, 1.165) is 29.9 Å². The molecule has 0 spiro atoms. The fourth-order valence-electron chi connectivity index (χ4n) is 2.23. The highest BCUT2D eigenvalue weighted by Gasteiger charge is 2.30. The number of aromatic nitrogens is 1. The number of hydrogen-bond donors (Lipinski definition) is 2. The average molecular weight is 313 g/mol. The van der Waals surface area contributed by atoms with Crippen LogP contribution in [0.3, 0.4) is 0 Å². The summed E-state index contributed by atoms with van der Waals surface area (Å²) in [5.74, 6) is -2.21. The molecule has 1 saturated heterocycles. The van der Waals surface area contributed by atoms with E-state index in [1.54, 1.807) is 0 Å². The van der Waals surface area contributed by atoms with E-state index in [1.165, 1.54) is 0 Å². The second-order valence-corrected chi connectivity index (χ2v) is 5.83. The van der Waals surface area contributed by atoms with Gasteiger partial charge in [0.25, 0.3) is 5.91 Å². The van der Waals surface area contributed by atoms with Crippen LogP contribution in [-0.2, 0) is 9.53 Å². The maximum absolute atomic E-state index is 13.1. The molecule has 1 aromatic carbocycles. The van der Waals surface area contributed by atoms with Gasteiger partial charge in [-0.3, -0.25) is 10.1 Å². The summed E-state index contributed by atoms with van der Waals surface area (Å²) in [4.78, 5) is 16.1. The molecular formula is C13H13F2N3O2S. The topological polar surface area (TPSA) is 77.2 Å². The van der Waals surface area contributed by atoms with Gasteiger partial charge in [0.05, 0.1) is 16.3 Å². The molecule has 112 valence electrons. The van der Waals surface area contributed by atoms with Crippen molar-refractivity contribution in [2.24, 2.45) is 5.73 Å². The number of anilines is 1. The first-order valence-electron chi connectivity index (χ1n) is 6.49. The molecule has 8 heteroatoms. The zero-order valence-corrected chi connectivity index (χ0v) is 11.8. The number of carbonyl (C=O) groups is 1.